The molecule has 0 bridgehead atoms. The predicted molar refractivity (Wildman–Crippen MR) is 119 cm³/mol. The van der Waals surface area contributed by atoms with Crippen molar-refractivity contribution in [2.24, 2.45) is 10.9 Å². The minimum absolute atomic E-state index is 0.701. The van der Waals surface area contributed by atoms with E-state index in [0.29, 0.717) is 6.54 Å². The van der Waals surface area contributed by atoms with Gasteiger partial charge in [-0.2, -0.15) is 0 Å². The van der Waals surface area contributed by atoms with Gasteiger partial charge in [0.1, 0.15) is 5.01 Å². The summed E-state index contributed by atoms with van der Waals surface area (Å²) in [4.78, 5) is 12.7. The first kappa shape index (κ1) is 20.8. The second-order valence-electron chi connectivity index (χ2n) is 7.83. The number of aryl methyl sites for hydroxylation is 2. The summed E-state index contributed by atoms with van der Waals surface area (Å²) in [5.41, 5.74) is 3.78. The molecule has 3 rings (SSSR count). The van der Waals surface area contributed by atoms with E-state index in [0.717, 1.165) is 35.7 Å². The fraction of sp³-hybridized carbons (Fsp3) is 0.545. The first-order valence-electron chi connectivity index (χ1n) is 10.2. The molecule has 1 aromatic heterocycles. The zero-order valence-electron chi connectivity index (χ0n) is 17.6. The zero-order valence-corrected chi connectivity index (χ0v) is 18.4. The molecule has 0 spiro atoms. The van der Waals surface area contributed by atoms with Crippen molar-refractivity contribution in [3.63, 3.8) is 0 Å². The van der Waals surface area contributed by atoms with E-state index in [2.05, 4.69) is 70.5 Å². The van der Waals surface area contributed by atoms with Gasteiger partial charge in [0.15, 0.2) is 5.96 Å². The van der Waals surface area contributed by atoms with Crippen LogP contribution in [0.5, 0.6) is 0 Å². The molecule has 1 fully saturated rings. The molecule has 1 aliphatic rings. The van der Waals surface area contributed by atoms with Crippen LogP contribution in [-0.2, 0) is 19.6 Å². The normalized spacial score (nSPS) is 18.3. The lowest BCUT2D eigenvalue weighted by Crippen LogP contribution is -2.36. The van der Waals surface area contributed by atoms with Gasteiger partial charge in [0.25, 0.3) is 0 Å². The topological polar surface area (TPSA) is 52.6 Å². The Morgan fingerprint density at radius 2 is 1.89 bits per heavy atom. The molecule has 5 nitrogen and oxygen atoms in total. The fourth-order valence-corrected chi connectivity index (χ4v) is 4.51. The lowest BCUT2D eigenvalue weighted by molar-refractivity contribution is 0.176. The second-order valence-corrected chi connectivity index (χ2v) is 9.12. The standard InChI is InChI=1S/C22H33N5S/c1-16-6-5-11-27(14-16)15-20-9-7-19(8-10-20)12-24-22(23-4)25-13-21-26-17(2)18(3)28-21/h7-10,16H,5-6,11-15H2,1-4H3,(H2,23,24,25). The van der Waals surface area contributed by atoms with E-state index in [1.807, 2.05) is 0 Å². The molecule has 2 heterocycles. The highest BCUT2D eigenvalue weighted by molar-refractivity contribution is 7.11. The van der Waals surface area contributed by atoms with Gasteiger partial charge in [0, 0.05) is 31.6 Å². The minimum Gasteiger partial charge on any atom is -0.352 e. The lowest BCUT2D eigenvalue weighted by atomic mass is 9.99. The van der Waals surface area contributed by atoms with Crippen LogP contribution >= 0.6 is 11.3 Å². The van der Waals surface area contributed by atoms with Crippen molar-refractivity contribution < 1.29 is 0 Å². The van der Waals surface area contributed by atoms with Crippen molar-refractivity contribution in [1.29, 1.82) is 0 Å². The lowest BCUT2D eigenvalue weighted by Gasteiger charge is -2.30. The molecule has 0 radical (unpaired) electrons. The average Bonchev–Trinajstić information content (AvgIpc) is 3.01. The Labute approximate surface area is 173 Å². The molecule has 0 amide bonds. The van der Waals surface area contributed by atoms with Gasteiger partial charge in [-0.25, -0.2) is 4.98 Å². The van der Waals surface area contributed by atoms with Crippen LogP contribution in [0.1, 0.15) is 46.5 Å². The summed E-state index contributed by atoms with van der Waals surface area (Å²) in [7, 11) is 1.80. The Kier molecular flexibility index (Phi) is 7.45. The van der Waals surface area contributed by atoms with Crippen molar-refractivity contribution in [3.8, 4) is 0 Å². The van der Waals surface area contributed by atoms with Crippen molar-refractivity contribution in [3.05, 3.63) is 51.0 Å². The molecule has 1 saturated heterocycles. The molecule has 28 heavy (non-hydrogen) atoms. The third-order valence-corrected chi connectivity index (χ3v) is 6.41. The predicted octanol–water partition coefficient (Wildman–Crippen LogP) is 3.86. The number of rotatable bonds is 6. The number of piperidine rings is 1. The van der Waals surface area contributed by atoms with Gasteiger partial charge in [-0.15, -0.1) is 11.3 Å². The molecule has 1 atom stereocenters. The van der Waals surface area contributed by atoms with E-state index < -0.39 is 0 Å². The number of thiazole rings is 1. The monoisotopic (exact) mass is 399 g/mol. The number of nitrogens with one attached hydrogen (secondary N) is 2. The average molecular weight is 400 g/mol. The molecule has 2 aromatic rings. The number of aromatic nitrogens is 1. The number of aliphatic imine (C=N–C) groups is 1. The maximum absolute atomic E-state index is 4.57. The van der Waals surface area contributed by atoms with Crippen molar-refractivity contribution in [2.45, 2.75) is 53.2 Å². The summed E-state index contributed by atoms with van der Waals surface area (Å²) in [5.74, 6) is 1.63. The second kappa shape index (κ2) is 10.0. The van der Waals surface area contributed by atoms with Crippen LogP contribution in [0, 0.1) is 19.8 Å². The number of guanidine groups is 1. The zero-order chi connectivity index (χ0) is 19.9. The van der Waals surface area contributed by atoms with Gasteiger partial charge < -0.3 is 10.6 Å². The molecule has 0 saturated carbocycles. The number of benzene rings is 1. The van der Waals surface area contributed by atoms with Crippen LogP contribution in [0.3, 0.4) is 0 Å². The number of hydrogen-bond donors (Lipinski definition) is 2. The minimum atomic E-state index is 0.701. The van der Waals surface area contributed by atoms with Gasteiger partial charge in [0.2, 0.25) is 0 Å². The third-order valence-electron chi connectivity index (χ3n) is 5.33. The molecule has 6 heteroatoms. The molecule has 1 aliphatic heterocycles. The van der Waals surface area contributed by atoms with Crippen molar-refractivity contribution >= 4 is 17.3 Å². The Balaban J connectivity index is 1.45. The van der Waals surface area contributed by atoms with Crippen LogP contribution in [0.15, 0.2) is 29.3 Å². The first-order valence-corrected chi connectivity index (χ1v) is 11.0. The summed E-state index contributed by atoms with van der Waals surface area (Å²) >= 11 is 1.74. The molecule has 1 aromatic carbocycles. The molecule has 1 unspecified atom stereocenters. The summed E-state index contributed by atoms with van der Waals surface area (Å²) in [6.07, 6.45) is 2.70. The highest BCUT2D eigenvalue weighted by Gasteiger charge is 2.16. The third kappa shape index (κ3) is 6.04. The smallest absolute Gasteiger partial charge is 0.191 e. The summed E-state index contributed by atoms with van der Waals surface area (Å²) in [6, 6.07) is 8.95. The molecule has 2 N–H and O–H groups in total. The van der Waals surface area contributed by atoms with Gasteiger partial charge in [0.05, 0.1) is 12.2 Å². The van der Waals surface area contributed by atoms with Crippen LogP contribution in [0.2, 0.25) is 0 Å². The van der Waals surface area contributed by atoms with Gasteiger partial charge in [-0.05, 0) is 50.3 Å². The van der Waals surface area contributed by atoms with E-state index in [1.165, 1.54) is 41.9 Å². The van der Waals surface area contributed by atoms with E-state index in [1.54, 1.807) is 18.4 Å². The van der Waals surface area contributed by atoms with Crippen LogP contribution in [0.4, 0.5) is 0 Å². The van der Waals surface area contributed by atoms with Gasteiger partial charge in [-0.3, -0.25) is 9.89 Å². The highest BCUT2D eigenvalue weighted by atomic mass is 32.1. The first-order chi connectivity index (χ1) is 13.5. The van der Waals surface area contributed by atoms with Gasteiger partial charge >= 0.3 is 0 Å². The largest absolute Gasteiger partial charge is 0.352 e. The Hall–Kier alpha value is -1.92. The number of nitrogens with zero attached hydrogens (tertiary/aromatic N) is 3. The maximum Gasteiger partial charge on any atom is 0.191 e. The Morgan fingerprint density at radius 3 is 2.54 bits per heavy atom. The Morgan fingerprint density at radius 1 is 1.18 bits per heavy atom. The van der Waals surface area contributed by atoms with Crippen molar-refractivity contribution in [2.75, 3.05) is 20.1 Å². The van der Waals surface area contributed by atoms with Crippen LogP contribution in [-0.4, -0.2) is 36.0 Å². The molecule has 0 aliphatic carbocycles. The summed E-state index contributed by atoms with van der Waals surface area (Å²) in [6.45, 7) is 11.5. The number of hydrogen-bond acceptors (Lipinski definition) is 4. The Bertz CT molecular complexity index is 761. The SMILES string of the molecule is CN=C(NCc1ccc(CN2CCCC(C)C2)cc1)NCc1nc(C)c(C)s1. The molecule has 152 valence electrons. The molecular weight excluding hydrogens is 366 g/mol. The summed E-state index contributed by atoms with van der Waals surface area (Å²) in [5, 5.41) is 7.83. The van der Waals surface area contributed by atoms with E-state index in [9.17, 15) is 0 Å². The van der Waals surface area contributed by atoms with E-state index in [4.69, 9.17) is 0 Å². The quantitative estimate of drug-likeness (QED) is 0.572. The van der Waals surface area contributed by atoms with E-state index >= 15 is 0 Å². The fourth-order valence-electron chi connectivity index (χ4n) is 3.63. The highest BCUT2D eigenvalue weighted by Crippen LogP contribution is 2.18. The van der Waals surface area contributed by atoms with E-state index in [-0.39, 0.29) is 0 Å². The van der Waals surface area contributed by atoms with Crippen LogP contribution in [0.25, 0.3) is 0 Å². The van der Waals surface area contributed by atoms with Crippen LogP contribution < -0.4 is 10.6 Å². The van der Waals surface area contributed by atoms with Gasteiger partial charge in [-0.1, -0.05) is 31.2 Å². The number of likely N-dealkylation sites (tertiary alicyclic amines) is 1. The summed E-state index contributed by atoms with van der Waals surface area (Å²) < 4.78 is 0. The maximum atomic E-state index is 4.57. The molecular formula is C22H33N5S. The van der Waals surface area contributed by atoms with Crippen molar-refractivity contribution in [1.82, 2.24) is 20.5 Å².